The Labute approximate surface area is 104 Å². The molecule has 0 heterocycles. The van der Waals surface area contributed by atoms with Gasteiger partial charge in [0, 0.05) is 25.6 Å². The third kappa shape index (κ3) is 9.49. The van der Waals surface area contributed by atoms with Crippen molar-refractivity contribution in [1.29, 1.82) is 0 Å². The number of rotatable bonds is 6. The Morgan fingerprint density at radius 2 is 1.87 bits per heavy atom. The fraction of sp³-hybridized carbons (Fsp3) is 0.875. The zero-order chi connectivity index (χ0) is 11.4. The van der Waals surface area contributed by atoms with Crippen molar-refractivity contribution in [2.45, 2.75) is 6.10 Å². The van der Waals surface area contributed by atoms with Gasteiger partial charge in [0.05, 0.1) is 33.9 Å². The van der Waals surface area contributed by atoms with Crippen LogP contribution in [0.25, 0.3) is 0 Å². The molecule has 0 spiro atoms. The number of nitrogens with zero attached hydrogens (tertiary/aromatic N) is 1. The molecule has 86 valence electrons. The van der Waals surface area contributed by atoms with Gasteiger partial charge in [0.25, 0.3) is 0 Å². The molecule has 5 nitrogen and oxygen atoms in total. The Balaban J connectivity index is 0. The van der Waals surface area contributed by atoms with Crippen molar-refractivity contribution in [3.63, 3.8) is 0 Å². The summed E-state index contributed by atoms with van der Waals surface area (Å²) in [5, 5.41) is 17.6. The Morgan fingerprint density at radius 1 is 1.40 bits per heavy atom. The molecule has 0 aliphatic carbocycles. The van der Waals surface area contributed by atoms with Crippen molar-refractivity contribution >= 4 is 13.7 Å². The molecule has 0 saturated heterocycles. The molecular weight excluding hydrogens is 270 g/mol. The van der Waals surface area contributed by atoms with Gasteiger partial charge < -0.3 is 19.6 Å². The third-order valence-corrected chi connectivity index (χ3v) is 2.98. The van der Waals surface area contributed by atoms with E-state index in [2.05, 4.69) is 0 Å². The topological polar surface area (TPSA) is 77.8 Å². The second-order valence-corrected chi connectivity index (χ2v) is 5.92. The summed E-state index contributed by atoms with van der Waals surface area (Å²) < 4.78 is 0.452. The van der Waals surface area contributed by atoms with Gasteiger partial charge in [-0.15, -0.1) is 0 Å². The first-order chi connectivity index (χ1) is 6.26. The maximum atomic E-state index is 11.4. The number of likely N-dealkylation sites (N-methyl/N-ethyl adjacent to an activating group) is 1. The predicted molar refractivity (Wildman–Crippen MR) is 55.0 cm³/mol. The number of carbonyl (C=O) groups excluding carboxylic acids is 1. The quantitative estimate of drug-likeness (QED) is 0.332. The summed E-state index contributed by atoms with van der Waals surface area (Å²) in [6.07, 6.45) is -1.03. The standard InChI is InChI=1S/C8H19NO4P.Zn/c1-9(2,3)4-8(12)14(13)6-7(11)5-10;/h7,10-11,13H,4-6H2,1-3H3;/q+1;. The fourth-order valence-corrected chi connectivity index (χ4v) is 2.15. The molecule has 0 bridgehead atoms. The SMILES string of the molecule is C[N+](C)(C)CC(=O)P(O)CC(O)CO.[Zn]. The van der Waals surface area contributed by atoms with Crippen molar-refractivity contribution in [2.75, 3.05) is 40.5 Å². The van der Waals surface area contributed by atoms with Crippen LogP contribution in [0.4, 0.5) is 0 Å². The number of hydrogen-bond donors (Lipinski definition) is 3. The second kappa shape index (κ2) is 7.77. The monoisotopic (exact) mass is 288 g/mol. The van der Waals surface area contributed by atoms with Crippen molar-refractivity contribution in [3.05, 3.63) is 0 Å². The van der Waals surface area contributed by atoms with Crippen LogP contribution in [0.2, 0.25) is 0 Å². The molecule has 0 aliphatic rings. The van der Waals surface area contributed by atoms with E-state index in [1.165, 1.54) is 0 Å². The maximum Gasteiger partial charge on any atom is 0.235 e. The van der Waals surface area contributed by atoms with Crippen LogP contribution in [-0.4, -0.2) is 71.7 Å². The van der Waals surface area contributed by atoms with E-state index in [0.29, 0.717) is 4.48 Å². The van der Waals surface area contributed by atoms with Crippen LogP contribution >= 0.6 is 8.15 Å². The van der Waals surface area contributed by atoms with Crippen LogP contribution in [0.1, 0.15) is 0 Å². The molecule has 0 aromatic rings. The molecule has 0 radical (unpaired) electrons. The van der Waals surface area contributed by atoms with Crippen LogP contribution in [0.5, 0.6) is 0 Å². The van der Waals surface area contributed by atoms with Crippen LogP contribution in [0.3, 0.4) is 0 Å². The number of aliphatic hydroxyl groups is 2. The van der Waals surface area contributed by atoms with Crippen molar-refractivity contribution in [2.24, 2.45) is 0 Å². The van der Waals surface area contributed by atoms with E-state index in [9.17, 15) is 9.69 Å². The maximum absolute atomic E-state index is 11.4. The molecule has 0 fully saturated rings. The van der Waals surface area contributed by atoms with E-state index in [0.717, 1.165) is 0 Å². The first-order valence-electron chi connectivity index (χ1n) is 4.35. The first kappa shape index (κ1) is 17.9. The minimum absolute atomic E-state index is 0. The number of aliphatic hydroxyl groups excluding tert-OH is 2. The van der Waals surface area contributed by atoms with Crippen molar-refractivity contribution in [1.82, 2.24) is 0 Å². The van der Waals surface area contributed by atoms with E-state index >= 15 is 0 Å². The largest absolute Gasteiger partial charge is 0.394 e. The van der Waals surface area contributed by atoms with Gasteiger partial charge in [-0.1, -0.05) is 0 Å². The van der Waals surface area contributed by atoms with E-state index in [1.54, 1.807) is 0 Å². The van der Waals surface area contributed by atoms with Gasteiger partial charge >= 0.3 is 0 Å². The molecule has 2 unspecified atom stereocenters. The van der Waals surface area contributed by atoms with Gasteiger partial charge in [-0.3, -0.25) is 4.79 Å². The fourth-order valence-electron chi connectivity index (χ4n) is 0.847. The predicted octanol–water partition coefficient (Wildman–Crippen LogP) is -1.04. The number of hydrogen-bond acceptors (Lipinski definition) is 4. The summed E-state index contributed by atoms with van der Waals surface area (Å²) in [6.45, 7) is -0.183. The first-order valence-corrected chi connectivity index (χ1v) is 5.83. The van der Waals surface area contributed by atoms with E-state index in [4.69, 9.17) is 10.2 Å². The molecule has 0 aromatic heterocycles. The van der Waals surface area contributed by atoms with Crippen molar-refractivity contribution < 1.29 is 43.9 Å². The third-order valence-electron chi connectivity index (χ3n) is 1.49. The van der Waals surface area contributed by atoms with Crippen LogP contribution < -0.4 is 0 Å². The van der Waals surface area contributed by atoms with Gasteiger partial charge in [0.15, 0.2) is 0 Å². The average Bonchev–Trinajstić information content (AvgIpc) is 2.00. The smallest absolute Gasteiger partial charge is 0.235 e. The molecule has 0 aromatic carbocycles. The Hall–Kier alpha value is 0.563. The van der Waals surface area contributed by atoms with Gasteiger partial charge in [-0.2, -0.15) is 0 Å². The van der Waals surface area contributed by atoms with Crippen LogP contribution in [-0.2, 0) is 24.3 Å². The summed E-state index contributed by atoms with van der Waals surface area (Å²) in [7, 11) is 3.74. The van der Waals surface area contributed by atoms with Crippen LogP contribution in [0.15, 0.2) is 0 Å². The van der Waals surface area contributed by atoms with Crippen LogP contribution in [0, 0.1) is 0 Å². The molecular formula is C8H19NO4PZn+. The Kier molecular flexibility index (Phi) is 9.30. The van der Waals surface area contributed by atoms with E-state index < -0.39 is 20.9 Å². The molecule has 15 heavy (non-hydrogen) atoms. The van der Waals surface area contributed by atoms with Gasteiger partial charge in [-0.25, -0.2) is 0 Å². The average molecular weight is 290 g/mol. The normalized spacial score (nSPS) is 15.3. The second-order valence-electron chi connectivity index (χ2n) is 4.26. The molecule has 7 heteroatoms. The molecule has 0 rings (SSSR count). The summed E-state index contributed by atoms with van der Waals surface area (Å²) in [4.78, 5) is 20.8. The van der Waals surface area contributed by atoms with Gasteiger partial charge in [-0.05, 0) is 0 Å². The summed E-state index contributed by atoms with van der Waals surface area (Å²) >= 11 is 0. The van der Waals surface area contributed by atoms with Gasteiger partial charge in [0.1, 0.15) is 14.7 Å². The van der Waals surface area contributed by atoms with Gasteiger partial charge in [0.2, 0.25) is 5.52 Å². The number of carbonyl (C=O) groups is 1. The van der Waals surface area contributed by atoms with E-state index in [-0.39, 0.29) is 37.7 Å². The zero-order valence-electron chi connectivity index (χ0n) is 9.55. The summed E-state index contributed by atoms with van der Waals surface area (Å²) in [5.41, 5.74) is -0.250. The Morgan fingerprint density at radius 3 is 2.20 bits per heavy atom. The minimum atomic E-state index is -1.82. The molecule has 0 saturated carbocycles. The summed E-state index contributed by atoms with van der Waals surface area (Å²) in [6, 6.07) is 0. The molecule has 2 atom stereocenters. The summed E-state index contributed by atoms with van der Waals surface area (Å²) in [5.74, 6) is 0. The van der Waals surface area contributed by atoms with Crippen molar-refractivity contribution in [3.8, 4) is 0 Å². The zero-order valence-corrected chi connectivity index (χ0v) is 13.4. The Bertz CT molecular complexity index is 198. The molecule has 0 amide bonds. The molecule has 3 N–H and O–H groups in total. The van der Waals surface area contributed by atoms with E-state index in [1.807, 2.05) is 21.1 Å². The molecule has 0 aliphatic heterocycles. The minimum Gasteiger partial charge on any atom is -0.394 e. The number of quaternary nitrogens is 1.